The van der Waals surface area contributed by atoms with Crippen LogP contribution in [-0.2, 0) is 34.1 Å². The van der Waals surface area contributed by atoms with Gasteiger partial charge in [-0.05, 0) is 0 Å². The second kappa shape index (κ2) is 10.9. The maximum absolute atomic E-state index is 6.70. The summed E-state index contributed by atoms with van der Waals surface area (Å²) in [5.41, 5.74) is 1.19. The smallest absolute Gasteiger partial charge is 1.00 e. The molecule has 6 aromatic rings. The summed E-state index contributed by atoms with van der Waals surface area (Å²) in [6, 6.07) is 30.4. The molecule has 0 saturated carbocycles. The fraction of sp³-hybridized carbons (Fsp3) is 0.111. The first-order valence-electron chi connectivity index (χ1n) is 13.9. The van der Waals surface area contributed by atoms with Crippen LogP contribution in [0.25, 0.3) is 40.7 Å². The standard InChI is InChI=1S/C18H10BrOS.C18H12BrO.2ClH.Zr/c1-18-8-11-12(9-18)16(6-5-13(11)19)21-15-4-2-3-14-10(15)7-17(18)20-14;1-18(10-13-6-4-7-15(19)14(13)11-18)17-9-12-5-2-3-8-16(12)20-17;;;/h2-7,9H,1H3;2-10H,1H3;2*1H;/q;;;;+2/p-2. The Morgan fingerprint density at radius 3 is 2.18 bits per heavy atom. The van der Waals surface area contributed by atoms with E-state index >= 15 is 0 Å². The van der Waals surface area contributed by atoms with E-state index in [9.17, 15) is 0 Å². The SMILES string of the molecule is CC1(c2cc3ccccc3o2)C=c2cccc(Br)c2=[C]1[Zr+2][C]1=c2c(Br)ccc3c2=CC1(C)c1cc2c(cccc2o1)S3.[Cl-].[Cl-]. The zero-order valence-corrected chi connectivity index (χ0v) is 31.4. The molecule has 216 valence electrons. The summed E-state index contributed by atoms with van der Waals surface area (Å²) in [6.07, 6.45) is 4.90. The molecule has 0 spiro atoms. The van der Waals surface area contributed by atoms with Gasteiger partial charge in [-0.25, -0.2) is 0 Å². The first-order chi connectivity index (χ1) is 20.3. The first kappa shape index (κ1) is 30.8. The Hall–Kier alpha value is -1.79. The van der Waals surface area contributed by atoms with E-state index < -0.39 is 23.2 Å². The summed E-state index contributed by atoms with van der Waals surface area (Å²) in [5, 5.41) is 7.61. The predicted octanol–water partition coefficient (Wildman–Crippen LogP) is 1.68. The molecule has 2 atom stereocenters. The molecule has 2 unspecified atom stereocenters. The van der Waals surface area contributed by atoms with Crippen LogP contribution in [-0.4, -0.2) is 0 Å². The van der Waals surface area contributed by atoms with Crippen LogP contribution in [0.1, 0.15) is 25.4 Å². The van der Waals surface area contributed by atoms with Crippen molar-refractivity contribution >= 4 is 84.3 Å². The van der Waals surface area contributed by atoms with Crippen molar-refractivity contribution in [1.82, 2.24) is 0 Å². The Labute approximate surface area is 299 Å². The number of hydrogen-bond donors (Lipinski definition) is 0. The van der Waals surface area contributed by atoms with Gasteiger partial charge in [0, 0.05) is 0 Å². The van der Waals surface area contributed by atoms with E-state index in [4.69, 9.17) is 8.83 Å². The normalized spacial score (nSPS) is 20.6. The van der Waals surface area contributed by atoms with Gasteiger partial charge in [0.05, 0.1) is 0 Å². The van der Waals surface area contributed by atoms with Crippen molar-refractivity contribution < 1.29 is 56.9 Å². The van der Waals surface area contributed by atoms with Crippen LogP contribution in [0.15, 0.2) is 112 Å². The third-order valence-electron chi connectivity index (χ3n) is 9.06. The van der Waals surface area contributed by atoms with Gasteiger partial charge in [0.2, 0.25) is 0 Å². The van der Waals surface area contributed by atoms with E-state index in [-0.39, 0.29) is 35.6 Å². The fourth-order valence-electron chi connectivity index (χ4n) is 6.88. The van der Waals surface area contributed by atoms with Crippen molar-refractivity contribution in [1.29, 1.82) is 0 Å². The minimum absolute atomic E-state index is 0. The fourth-order valence-corrected chi connectivity index (χ4v) is 14.8. The van der Waals surface area contributed by atoms with Crippen LogP contribution in [0, 0.1) is 0 Å². The largest absolute Gasteiger partial charge is 1.00 e. The Balaban J connectivity index is 0.00000156. The third-order valence-corrected chi connectivity index (χ3v) is 16.5. The monoisotopic (exact) mass is 836 g/mol. The second-order valence-electron chi connectivity index (χ2n) is 11.6. The summed E-state index contributed by atoms with van der Waals surface area (Å²) in [6.45, 7) is 4.72. The van der Waals surface area contributed by atoms with Gasteiger partial charge in [0.25, 0.3) is 0 Å². The minimum Gasteiger partial charge on any atom is -1.00 e. The molecule has 0 amide bonds. The molecule has 4 aromatic carbocycles. The van der Waals surface area contributed by atoms with Crippen molar-refractivity contribution in [3.05, 3.63) is 126 Å². The van der Waals surface area contributed by atoms with E-state index in [2.05, 4.69) is 137 Å². The van der Waals surface area contributed by atoms with Gasteiger partial charge in [0.1, 0.15) is 0 Å². The van der Waals surface area contributed by atoms with Crippen molar-refractivity contribution in [2.24, 2.45) is 0 Å². The maximum Gasteiger partial charge on any atom is -1.00 e. The van der Waals surface area contributed by atoms with Gasteiger partial charge in [-0.1, -0.05) is 0 Å². The molecule has 0 saturated heterocycles. The Morgan fingerprint density at radius 1 is 0.659 bits per heavy atom. The molecular formula is C36H22Br2Cl2O2SZr. The summed E-state index contributed by atoms with van der Waals surface area (Å²) in [7, 11) is 0. The number of furan rings is 2. The molecule has 2 aliphatic carbocycles. The van der Waals surface area contributed by atoms with Gasteiger partial charge in [0.15, 0.2) is 0 Å². The molecule has 44 heavy (non-hydrogen) atoms. The molecule has 0 fully saturated rings. The summed E-state index contributed by atoms with van der Waals surface area (Å²) >= 11 is 8.33. The van der Waals surface area contributed by atoms with E-state index in [0.29, 0.717) is 0 Å². The van der Waals surface area contributed by atoms with Crippen LogP contribution in [0.5, 0.6) is 0 Å². The number of rotatable bonds is 3. The van der Waals surface area contributed by atoms with Crippen LogP contribution in [0.2, 0.25) is 0 Å². The average Bonchev–Trinajstić information content (AvgIpc) is 3.74. The number of halogens is 4. The van der Waals surface area contributed by atoms with Crippen LogP contribution >= 0.6 is 43.6 Å². The summed E-state index contributed by atoms with van der Waals surface area (Å²) < 4.78 is 18.6. The average molecular weight is 841 g/mol. The quantitative estimate of drug-likeness (QED) is 0.272. The van der Waals surface area contributed by atoms with Crippen molar-refractivity contribution in [2.75, 3.05) is 0 Å². The maximum atomic E-state index is 6.70. The second-order valence-corrected chi connectivity index (χ2v) is 17.5. The molecule has 8 heteroatoms. The topological polar surface area (TPSA) is 26.3 Å². The van der Waals surface area contributed by atoms with Crippen molar-refractivity contribution in [3.63, 3.8) is 0 Å². The van der Waals surface area contributed by atoms with Gasteiger partial charge in [-0.2, -0.15) is 0 Å². The Kier molecular flexibility index (Phi) is 7.64. The van der Waals surface area contributed by atoms with E-state index in [1.165, 1.54) is 42.6 Å². The van der Waals surface area contributed by atoms with E-state index in [1.54, 1.807) is 0 Å². The summed E-state index contributed by atoms with van der Waals surface area (Å²) in [5.74, 6) is 2.03. The Bertz CT molecular complexity index is 2420. The number of benzene rings is 4. The third kappa shape index (κ3) is 4.28. The molecule has 2 aromatic heterocycles. The molecular weight excluding hydrogens is 818 g/mol. The molecule has 0 N–H and O–H groups in total. The van der Waals surface area contributed by atoms with Gasteiger partial charge < -0.3 is 24.8 Å². The van der Waals surface area contributed by atoms with Crippen LogP contribution in [0.4, 0.5) is 0 Å². The minimum atomic E-state index is -1.49. The molecule has 3 heterocycles. The molecule has 4 bridgehead atoms. The molecule has 9 rings (SSSR count). The first-order valence-corrected chi connectivity index (χ1v) is 18.7. The van der Waals surface area contributed by atoms with E-state index in [1.807, 2.05) is 17.8 Å². The van der Waals surface area contributed by atoms with Crippen LogP contribution in [0.3, 0.4) is 0 Å². The summed E-state index contributed by atoms with van der Waals surface area (Å²) in [4.78, 5) is 2.54. The number of fused-ring (bicyclic) bond motifs is 5. The van der Waals surface area contributed by atoms with Gasteiger partial charge in [-0.3, -0.25) is 0 Å². The van der Waals surface area contributed by atoms with Crippen molar-refractivity contribution in [2.45, 2.75) is 34.5 Å². The predicted molar refractivity (Wildman–Crippen MR) is 174 cm³/mol. The Morgan fingerprint density at radius 2 is 1.34 bits per heavy atom. The number of hydrogen-bond acceptors (Lipinski definition) is 3. The van der Waals surface area contributed by atoms with E-state index in [0.717, 1.165) is 37.0 Å². The molecule has 0 radical (unpaired) electrons. The van der Waals surface area contributed by atoms with Gasteiger partial charge >= 0.3 is 277 Å². The zero-order chi connectivity index (χ0) is 28.4. The van der Waals surface area contributed by atoms with Crippen LogP contribution < -0.4 is 45.7 Å². The molecule has 2 nitrogen and oxygen atoms in total. The van der Waals surface area contributed by atoms with Crippen molar-refractivity contribution in [3.8, 4) is 0 Å². The van der Waals surface area contributed by atoms with Gasteiger partial charge in [-0.15, -0.1) is 0 Å². The zero-order valence-electron chi connectivity index (χ0n) is 23.5. The number of para-hydroxylation sites is 1. The molecule has 3 aliphatic rings. The molecule has 1 aliphatic heterocycles.